The summed E-state index contributed by atoms with van der Waals surface area (Å²) in [4.78, 5) is 1.34. The molecule has 1 aromatic rings. The van der Waals surface area contributed by atoms with E-state index in [1.54, 1.807) is 0 Å². The number of nitrogens with zero attached hydrogens (tertiary/aromatic N) is 1. The Bertz CT molecular complexity index is 692. The Balaban J connectivity index is 1.30. The van der Waals surface area contributed by atoms with Gasteiger partial charge in [0.2, 0.25) is 0 Å². The van der Waals surface area contributed by atoms with Crippen LogP contribution in [0.1, 0.15) is 45.2 Å². The summed E-state index contributed by atoms with van der Waals surface area (Å²) < 4.78 is 6.04. The zero-order valence-electron chi connectivity index (χ0n) is 16.4. The zero-order valence-corrected chi connectivity index (χ0v) is 18.1. The van der Waals surface area contributed by atoms with Gasteiger partial charge in [-0.15, -0.1) is 10.3 Å². The normalized spacial score (nSPS) is 29.4. The summed E-state index contributed by atoms with van der Waals surface area (Å²) in [6, 6.07) is 4.37. The third-order valence-corrected chi connectivity index (χ3v) is 8.65. The minimum Gasteiger partial charge on any atom is -0.487 e. The van der Waals surface area contributed by atoms with Crippen molar-refractivity contribution in [3.05, 3.63) is 23.3 Å². The number of nitrogens with one attached hydrogen (secondary N) is 1. The summed E-state index contributed by atoms with van der Waals surface area (Å²) in [6.07, 6.45) is 0.860. The molecule has 27 heavy (non-hydrogen) atoms. The molecule has 7 heteroatoms. The molecule has 0 aliphatic carbocycles. The summed E-state index contributed by atoms with van der Waals surface area (Å²) >= 11 is 0. The average Bonchev–Trinajstić information content (AvgIpc) is 3.26. The van der Waals surface area contributed by atoms with Crippen molar-refractivity contribution in [2.75, 3.05) is 13.1 Å². The minimum absolute atomic E-state index is 0.197. The number of fused-ring (bicyclic) bond motifs is 2. The molecular formula is C20H29N2O3S2. The summed E-state index contributed by atoms with van der Waals surface area (Å²) in [5, 5.41) is 27.7. The molecule has 3 atom stereocenters. The van der Waals surface area contributed by atoms with Crippen LogP contribution < -0.4 is 10.1 Å². The Hall–Kier alpha value is -0.440. The number of hydroxylamine groups is 2. The highest BCUT2D eigenvalue weighted by Crippen LogP contribution is 2.48. The first-order chi connectivity index (χ1) is 12.7. The lowest BCUT2D eigenvalue weighted by molar-refractivity contribution is -0.248. The summed E-state index contributed by atoms with van der Waals surface area (Å²) in [5.74, 6) is 2.22. The molecular weight excluding hydrogens is 380 g/mol. The Kier molecular flexibility index (Phi) is 5.23. The van der Waals surface area contributed by atoms with Crippen LogP contribution in [0, 0.1) is 5.92 Å². The van der Waals surface area contributed by atoms with Crippen molar-refractivity contribution in [1.82, 2.24) is 10.4 Å². The van der Waals surface area contributed by atoms with E-state index in [-0.39, 0.29) is 17.6 Å². The number of aliphatic hydroxyl groups is 1. The minimum atomic E-state index is -0.560. The fourth-order valence-electron chi connectivity index (χ4n) is 4.64. The van der Waals surface area contributed by atoms with Crippen molar-refractivity contribution < 1.29 is 15.1 Å². The Morgan fingerprint density at radius 2 is 2.11 bits per heavy atom. The lowest BCUT2D eigenvalue weighted by Crippen LogP contribution is -2.48. The average molecular weight is 410 g/mol. The first-order valence-electron chi connectivity index (χ1n) is 9.66. The van der Waals surface area contributed by atoms with Gasteiger partial charge in [0.15, 0.2) is 0 Å². The monoisotopic (exact) mass is 409 g/mol. The van der Waals surface area contributed by atoms with Crippen LogP contribution >= 0.6 is 21.6 Å². The number of benzene rings is 1. The molecule has 0 aromatic heterocycles. The Morgan fingerprint density at radius 1 is 1.33 bits per heavy atom. The molecule has 1 fully saturated rings. The highest BCUT2D eigenvalue weighted by Gasteiger charge is 2.52. The molecule has 1 saturated heterocycles. The van der Waals surface area contributed by atoms with E-state index in [0.29, 0.717) is 6.54 Å². The zero-order chi connectivity index (χ0) is 19.4. The number of hydrogen-bond acceptors (Lipinski definition) is 6. The molecule has 3 heterocycles. The Morgan fingerprint density at radius 3 is 2.81 bits per heavy atom. The third kappa shape index (κ3) is 3.63. The molecule has 1 radical (unpaired) electrons. The first kappa shape index (κ1) is 19.9. The topological polar surface area (TPSA) is 64.6 Å². The lowest BCUT2D eigenvalue weighted by atomic mass is 9.87. The van der Waals surface area contributed by atoms with Gasteiger partial charge in [-0.3, -0.25) is 0 Å². The maximum absolute atomic E-state index is 12.5. The number of rotatable bonds is 5. The maximum Gasteiger partial charge on any atom is 0.130 e. The van der Waals surface area contributed by atoms with Gasteiger partial charge < -0.3 is 15.2 Å². The van der Waals surface area contributed by atoms with Crippen molar-refractivity contribution in [3.8, 4) is 5.75 Å². The fraction of sp³-hybridized carbons (Fsp3) is 0.700. The SMILES string of the molecule is CC1(C)CC(CNCC(O)C2Cc3cc4c(cc3O2)CSS4)C(C)(C)N1[O]. The quantitative estimate of drug-likeness (QED) is 0.727. The van der Waals surface area contributed by atoms with Crippen LogP contribution in [-0.4, -0.2) is 46.5 Å². The standard InChI is InChI=1S/C20H29N2O3S2/c1-19(2)8-14(20(3,4)22(19)24)9-21-10-15(23)17-5-12-7-18-13(11-26-27-18)6-16(12)25-17/h6-7,14-15,17,21,23H,5,8-11H2,1-4H3. The highest BCUT2D eigenvalue weighted by atomic mass is 33.1. The molecule has 1 aromatic carbocycles. The van der Waals surface area contributed by atoms with Crippen molar-refractivity contribution >= 4 is 21.6 Å². The van der Waals surface area contributed by atoms with Gasteiger partial charge in [0.1, 0.15) is 18.0 Å². The molecule has 3 unspecified atom stereocenters. The molecule has 3 aliphatic rings. The van der Waals surface area contributed by atoms with E-state index in [9.17, 15) is 10.3 Å². The molecule has 0 amide bonds. The third-order valence-electron chi connectivity index (χ3n) is 6.30. The van der Waals surface area contributed by atoms with E-state index in [0.717, 1.165) is 30.9 Å². The fourth-order valence-corrected chi connectivity index (χ4v) is 7.11. The molecule has 0 bridgehead atoms. The summed E-state index contributed by atoms with van der Waals surface area (Å²) in [7, 11) is 3.69. The Labute approximate surface area is 169 Å². The van der Waals surface area contributed by atoms with Crippen LogP contribution in [0.15, 0.2) is 17.0 Å². The van der Waals surface area contributed by atoms with E-state index < -0.39 is 11.6 Å². The van der Waals surface area contributed by atoms with Crippen LogP contribution in [0.5, 0.6) is 5.75 Å². The molecule has 0 spiro atoms. The first-order valence-corrected chi connectivity index (χ1v) is 12.0. The van der Waals surface area contributed by atoms with Crippen LogP contribution in [-0.2, 0) is 17.4 Å². The van der Waals surface area contributed by atoms with E-state index in [1.165, 1.54) is 21.1 Å². The molecule has 5 nitrogen and oxygen atoms in total. The number of hydrogen-bond donors (Lipinski definition) is 2. The maximum atomic E-state index is 12.5. The van der Waals surface area contributed by atoms with E-state index >= 15 is 0 Å². The lowest BCUT2D eigenvalue weighted by Gasteiger charge is -2.34. The van der Waals surface area contributed by atoms with Gasteiger partial charge in [0, 0.05) is 34.7 Å². The molecule has 3 aliphatic heterocycles. The van der Waals surface area contributed by atoms with Gasteiger partial charge in [-0.25, -0.2) is 0 Å². The van der Waals surface area contributed by atoms with Crippen LogP contribution in [0.4, 0.5) is 0 Å². The van der Waals surface area contributed by atoms with Crippen LogP contribution in [0.3, 0.4) is 0 Å². The second-order valence-corrected chi connectivity index (χ2v) is 11.5. The molecule has 4 rings (SSSR count). The van der Waals surface area contributed by atoms with Gasteiger partial charge >= 0.3 is 0 Å². The highest BCUT2D eigenvalue weighted by molar-refractivity contribution is 8.76. The molecule has 2 N–H and O–H groups in total. The molecule has 0 saturated carbocycles. The van der Waals surface area contributed by atoms with Gasteiger partial charge in [-0.2, -0.15) is 0 Å². The van der Waals surface area contributed by atoms with E-state index in [1.807, 2.05) is 49.3 Å². The number of aliphatic hydroxyl groups excluding tert-OH is 1. The van der Waals surface area contributed by atoms with Gasteiger partial charge in [-0.1, -0.05) is 21.6 Å². The summed E-state index contributed by atoms with van der Waals surface area (Å²) in [5.41, 5.74) is 1.82. The van der Waals surface area contributed by atoms with Gasteiger partial charge in [0.05, 0.1) is 0 Å². The van der Waals surface area contributed by atoms with Gasteiger partial charge in [-0.05, 0) is 69.8 Å². The van der Waals surface area contributed by atoms with Crippen molar-refractivity contribution in [2.45, 2.75) is 74.5 Å². The van der Waals surface area contributed by atoms with Crippen molar-refractivity contribution in [3.63, 3.8) is 0 Å². The van der Waals surface area contributed by atoms with Crippen molar-refractivity contribution in [2.24, 2.45) is 5.92 Å². The van der Waals surface area contributed by atoms with Crippen LogP contribution in [0.25, 0.3) is 0 Å². The predicted octanol–water partition coefficient (Wildman–Crippen LogP) is 3.42. The number of ether oxygens (including phenoxy) is 1. The predicted molar refractivity (Wildman–Crippen MR) is 109 cm³/mol. The van der Waals surface area contributed by atoms with E-state index in [2.05, 4.69) is 17.4 Å². The second-order valence-electron chi connectivity index (χ2n) is 9.16. The van der Waals surface area contributed by atoms with Crippen molar-refractivity contribution in [1.29, 1.82) is 0 Å². The smallest absolute Gasteiger partial charge is 0.130 e. The summed E-state index contributed by atoms with van der Waals surface area (Å²) in [6.45, 7) is 9.26. The van der Waals surface area contributed by atoms with Crippen LogP contribution in [0.2, 0.25) is 0 Å². The van der Waals surface area contributed by atoms with E-state index in [4.69, 9.17) is 4.74 Å². The molecule has 149 valence electrons. The van der Waals surface area contributed by atoms with Gasteiger partial charge in [0.25, 0.3) is 0 Å². The second kappa shape index (κ2) is 7.11. The largest absolute Gasteiger partial charge is 0.487 e.